The minimum Gasteiger partial charge on any atom is -0.319 e. The molecule has 0 spiro atoms. The highest BCUT2D eigenvalue weighted by Gasteiger charge is 2.11. The van der Waals surface area contributed by atoms with Crippen molar-refractivity contribution in [3.63, 3.8) is 0 Å². The largest absolute Gasteiger partial charge is 0.319 e. The van der Waals surface area contributed by atoms with E-state index in [9.17, 15) is 8.78 Å². The third kappa shape index (κ3) is 2.77. The van der Waals surface area contributed by atoms with Gasteiger partial charge < -0.3 is 5.32 Å². The van der Waals surface area contributed by atoms with Gasteiger partial charge in [-0.1, -0.05) is 13.0 Å². The van der Waals surface area contributed by atoms with Crippen LogP contribution >= 0.6 is 0 Å². The highest BCUT2D eigenvalue weighted by atomic mass is 19.1. The van der Waals surface area contributed by atoms with E-state index in [1.165, 1.54) is 18.2 Å². The zero-order valence-corrected chi connectivity index (χ0v) is 8.48. The Bertz CT molecular complexity index is 279. The van der Waals surface area contributed by atoms with Gasteiger partial charge in [0, 0.05) is 5.56 Å². The van der Waals surface area contributed by atoms with Gasteiger partial charge in [0.25, 0.3) is 0 Å². The van der Waals surface area contributed by atoms with E-state index < -0.39 is 11.6 Å². The lowest BCUT2D eigenvalue weighted by molar-refractivity contribution is 0.492. The van der Waals surface area contributed by atoms with Crippen LogP contribution in [0.1, 0.15) is 12.5 Å². The SMILES string of the molecule is CNCC(C)Cc1c(F)cccc1F. The maximum absolute atomic E-state index is 13.2. The second-order valence-corrected chi connectivity index (χ2v) is 3.57. The Hall–Kier alpha value is -0.960. The summed E-state index contributed by atoms with van der Waals surface area (Å²) >= 11 is 0. The van der Waals surface area contributed by atoms with E-state index in [-0.39, 0.29) is 11.5 Å². The predicted octanol–water partition coefficient (Wildman–Crippen LogP) is 2.36. The van der Waals surface area contributed by atoms with E-state index >= 15 is 0 Å². The highest BCUT2D eigenvalue weighted by molar-refractivity contribution is 5.20. The molecule has 0 radical (unpaired) electrons. The van der Waals surface area contributed by atoms with Crippen molar-refractivity contribution in [3.8, 4) is 0 Å². The minimum absolute atomic E-state index is 0.190. The lowest BCUT2D eigenvalue weighted by Gasteiger charge is -2.11. The molecule has 0 aliphatic heterocycles. The third-order valence-electron chi connectivity index (χ3n) is 2.17. The molecule has 78 valence electrons. The van der Waals surface area contributed by atoms with Gasteiger partial charge in [-0.05, 0) is 38.1 Å². The molecule has 1 unspecified atom stereocenters. The van der Waals surface area contributed by atoms with Crippen LogP contribution in [-0.4, -0.2) is 13.6 Å². The first-order chi connectivity index (χ1) is 6.65. The fraction of sp³-hybridized carbons (Fsp3) is 0.455. The summed E-state index contributed by atoms with van der Waals surface area (Å²) in [7, 11) is 1.83. The van der Waals surface area contributed by atoms with Gasteiger partial charge in [0.1, 0.15) is 11.6 Å². The molecule has 3 heteroatoms. The van der Waals surface area contributed by atoms with Gasteiger partial charge in [0.15, 0.2) is 0 Å². The van der Waals surface area contributed by atoms with Crippen molar-refractivity contribution < 1.29 is 8.78 Å². The van der Waals surface area contributed by atoms with Gasteiger partial charge in [-0.2, -0.15) is 0 Å². The van der Waals surface area contributed by atoms with Crippen molar-refractivity contribution in [1.82, 2.24) is 5.32 Å². The fourth-order valence-corrected chi connectivity index (χ4v) is 1.50. The zero-order chi connectivity index (χ0) is 10.6. The molecule has 0 aromatic heterocycles. The number of benzene rings is 1. The average molecular weight is 199 g/mol. The van der Waals surface area contributed by atoms with Crippen molar-refractivity contribution in [3.05, 3.63) is 35.4 Å². The van der Waals surface area contributed by atoms with Crippen LogP contribution in [0.5, 0.6) is 0 Å². The topological polar surface area (TPSA) is 12.0 Å². The number of rotatable bonds is 4. The van der Waals surface area contributed by atoms with E-state index in [1.54, 1.807) is 0 Å². The lowest BCUT2D eigenvalue weighted by atomic mass is 10.0. The Labute approximate surface area is 83.1 Å². The number of halogens is 2. The van der Waals surface area contributed by atoms with Crippen molar-refractivity contribution in [2.24, 2.45) is 5.92 Å². The van der Waals surface area contributed by atoms with Crippen molar-refractivity contribution in [1.29, 1.82) is 0 Å². The highest BCUT2D eigenvalue weighted by Crippen LogP contribution is 2.16. The molecule has 14 heavy (non-hydrogen) atoms. The first kappa shape index (κ1) is 11.1. The van der Waals surface area contributed by atoms with Gasteiger partial charge in [-0.15, -0.1) is 0 Å². The van der Waals surface area contributed by atoms with Crippen LogP contribution in [0.3, 0.4) is 0 Å². The molecular weight excluding hydrogens is 184 g/mol. The van der Waals surface area contributed by atoms with Crippen molar-refractivity contribution in [2.45, 2.75) is 13.3 Å². The lowest BCUT2D eigenvalue weighted by Crippen LogP contribution is -2.18. The standard InChI is InChI=1S/C11H15F2N/c1-8(7-14-2)6-9-10(12)4-3-5-11(9)13/h3-5,8,14H,6-7H2,1-2H3. The van der Waals surface area contributed by atoms with Crippen molar-refractivity contribution in [2.75, 3.05) is 13.6 Å². The predicted molar refractivity (Wildman–Crippen MR) is 53.2 cm³/mol. The first-order valence-corrected chi connectivity index (χ1v) is 4.72. The maximum atomic E-state index is 13.2. The van der Waals surface area contributed by atoms with Crippen LogP contribution in [0.2, 0.25) is 0 Å². The van der Waals surface area contributed by atoms with Crippen LogP contribution < -0.4 is 5.32 Å². The molecule has 1 nitrogen and oxygen atoms in total. The Kier molecular flexibility index (Phi) is 4.01. The molecule has 0 amide bonds. The van der Waals surface area contributed by atoms with E-state index in [0.29, 0.717) is 6.42 Å². The Morgan fingerprint density at radius 2 is 1.86 bits per heavy atom. The van der Waals surface area contributed by atoms with Gasteiger partial charge in [-0.25, -0.2) is 8.78 Å². The minimum atomic E-state index is -0.451. The number of nitrogens with one attached hydrogen (secondary N) is 1. The molecule has 1 atom stereocenters. The molecule has 1 aromatic carbocycles. The van der Waals surface area contributed by atoms with Gasteiger partial charge in [0.2, 0.25) is 0 Å². The molecule has 0 saturated heterocycles. The molecule has 1 aromatic rings. The van der Waals surface area contributed by atoms with Gasteiger partial charge in [-0.3, -0.25) is 0 Å². The Morgan fingerprint density at radius 3 is 2.36 bits per heavy atom. The molecule has 0 saturated carbocycles. The summed E-state index contributed by atoms with van der Waals surface area (Å²) in [5.74, 6) is -0.674. The zero-order valence-electron chi connectivity index (χ0n) is 8.48. The van der Waals surface area contributed by atoms with Crippen LogP contribution in [0.15, 0.2) is 18.2 Å². The van der Waals surface area contributed by atoms with Crippen LogP contribution in [0, 0.1) is 17.6 Å². The molecule has 1 N–H and O–H groups in total. The van der Waals surface area contributed by atoms with Crippen LogP contribution in [0.25, 0.3) is 0 Å². The molecule has 0 bridgehead atoms. The molecule has 0 aliphatic rings. The van der Waals surface area contributed by atoms with Gasteiger partial charge >= 0.3 is 0 Å². The van der Waals surface area contributed by atoms with Crippen LogP contribution in [0.4, 0.5) is 8.78 Å². The quantitative estimate of drug-likeness (QED) is 0.785. The number of hydrogen-bond donors (Lipinski definition) is 1. The second-order valence-electron chi connectivity index (χ2n) is 3.57. The average Bonchev–Trinajstić information content (AvgIpc) is 2.12. The monoisotopic (exact) mass is 199 g/mol. The summed E-state index contributed by atoms with van der Waals surface area (Å²) < 4.78 is 26.4. The summed E-state index contributed by atoms with van der Waals surface area (Å²) in [6.07, 6.45) is 0.430. The molecule has 1 rings (SSSR count). The Balaban J connectivity index is 2.75. The van der Waals surface area contributed by atoms with E-state index in [1.807, 2.05) is 14.0 Å². The summed E-state index contributed by atoms with van der Waals surface area (Å²) in [6.45, 7) is 2.72. The summed E-state index contributed by atoms with van der Waals surface area (Å²) in [5, 5.41) is 2.98. The smallest absolute Gasteiger partial charge is 0.129 e. The van der Waals surface area contributed by atoms with Gasteiger partial charge in [0.05, 0.1) is 0 Å². The van der Waals surface area contributed by atoms with E-state index in [2.05, 4.69) is 5.32 Å². The summed E-state index contributed by atoms with van der Waals surface area (Å²) in [5.41, 5.74) is 0.190. The normalized spacial score (nSPS) is 12.9. The first-order valence-electron chi connectivity index (χ1n) is 4.72. The molecular formula is C11H15F2N. The third-order valence-corrected chi connectivity index (χ3v) is 2.17. The fourth-order valence-electron chi connectivity index (χ4n) is 1.50. The molecule has 0 fully saturated rings. The van der Waals surface area contributed by atoms with E-state index in [0.717, 1.165) is 6.54 Å². The van der Waals surface area contributed by atoms with Crippen molar-refractivity contribution >= 4 is 0 Å². The Morgan fingerprint density at radius 1 is 1.29 bits per heavy atom. The van der Waals surface area contributed by atoms with Crippen LogP contribution in [-0.2, 0) is 6.42 Å². The number of hydrogen-bond acceptors (Lipinski definition) is 1. The second kappa shape index (κ2) is 5.05. The molecule has 0 heterocycles. The maximum Gasteiger partial charge on any atom is 0.129 e. The van der Waals surface area contributed by atoms with E-state index in [4.69, 9.17) is 0 Å². The molecule has 0 aliphatic carbocycles. The summed E-state index contributed by atoms with van der Waals surface area (Å²) in [6, 6.07) is 3.98. The summed E-state index contributed by atoms with van der Waals surface area (Å²) in [4.78, 5) is 0.